The summed E-state index contributed by atoms with van der Waals surface area (Å²) in [4.78, 5) is 15.7. The molecule has 2 aromatic carbocycles. The van der Waals surface area contributed by atoms with Gasteiger partial charge in [-0.2, -0.15) is 0 Å². The van der Waals surface area contributed by atoms with E-state index in [4.69, 9.17) is 0 Å². The average molecular weight is 342 g/mol. The summed E-state index contributed by atoms with van der Waals surface area (Å²) in [5, 5.41) is 3.89. The number of rotatable bonds is 5. The second kappa shape index (κ2) is 6.49. The summed E-state index contributed by atoms with van der Waals surface area (Å²) in [6.45, 7) is 1.93. The summed E-state index contributed by atoms with van der Waals surface area (Å²) in [6, 6.07) is 16.0. The van der Waals surface area contributed by atoms with E-state index in [9.17, 15) is 13.2 Å². The zero-order chi connectivity index (χ0) is 17.2. The van der Waals surface area contributed by atoms with E-state index in [1.54, 1.807) is 19.1 Å². The van der Waals surface area contributed by atoms with Gasteiger partial charge in [0.25, 0.3) is 5.91 Å². The molecule has 24 heavy (non-hydrogen) atoms. The molecule has 0 aliphatic heterocycles. The van der Waals surface area contributed by atoms with Crippen LogP contribution in [0.15, 0.2) is 59.5 Å². The molecule has 2 N–H and O–H groups in total. The Morgan fingerprint density at radius 1 is 1.08 bits per heavy atom. The molecule has 0 bridgehead atoms. The van der Waals surface area contributed by atoms with Crippen molar-refractivity contribution in [3.05, 3.63) is 65.9 Å². The largest absolute Gasteiger partial charge is 0.357 e. The number of benzene rings is 2. The van der Waals surface area contributed by atoms with Gasteiger partial charge in [-0.3, -0.25) is 4.79 Å². The third-order valence-corrected chi connectivity index (χ3v) is 5.59. The van der Waals surface area contributed by atoms with Crippen molar-refractivity contribution in [2.24, 2.45) is 0 Å². The Hall–Kier alpha value is -2.60. The molecule has 5 nitrogen and oxygen atoms in total. The Morgan fingerprint density at radius 3 is 2.62 bits per heavy atom. The molecule has 1 amide bonds. The summed E-state index contributed by atoms with van der Waals surface area (Å²) in [7, 11) is -3.32. The first-order valence-electron chi connectivity index (χ1n) is 7.67. The van der Waals surface area contributed by atoms with E-state index in [0.29, 0.717) is 12.1 Å². The van der Waals surface area contributed by atoms with Crippen LogP contribution >= 0.6 is 0 Å². The monoisotopic (exact) mass is 342 g/mol. The van der Waals surface area contributed by atoms with Crippen molar-refractivity contribution in [3.8, 4) is 0 Å². The molecule has 0 radical (unpaired) electrons. The minimum absolute atomic E-state index is 0.00708. The number of aromatic nitrogens is 1. The van der Waals surface area contributed by atoms with E-state index in [2.05, 4.69) is 10.3 Å². The maximum atomic E-state index is 12.3. The van der Waals surface area contributed by atoms with Gasteiger partial charge in [0.2, 0.25) is 0 Å². The SMILES string of the molecule is CCS(=O)(=O)c1cccc(C(=O)NCc2cc3ccccc3[nH]2)c1. The predicted molar refractivity (Wildman–Crippen MR) is 93.6 cm³/mol. The number of H-pyrrole nitrogens is 1. The molecule has 0 unspecified atom stereocenters. The molecule has 0 saturated heterocycles. The molecule has 124 valence electrons. The summed E-state index contributed by atoms with van der Waals surface area (Å²) >= 11 is 0. The lowest BCUT2D eigenvalue weighted by Crippen LogP contribution is -2.23. The van der Waals surface area contributed by atoms with Crippen LogP contribution in [-0.4, -0.2) is 25.1 Å². The topological polar surface area (TPSA) is 79.0 Å². The minimum atomic E-state index is -3.32. The van der Waals surface area contributed by atoms with Crippen molar-refractivity contribution in [1.82, 2.24) is 10.3 Å². The molecule has 3 rings (SSSR count). The number of para-hydroxylation sites is 1. The number of hydrogen-bond donors (Lipinski definition) is 2. The van der Waals surface area contributed by atoms with Gasteiger partial charge in [-0.25, -0.2) is 8.42 Å². The number of amides is 1. The van der Waals surface area contributed by atoms with Crippen LogP contribution in [0.1, 0.15) is 23.0 Å². The first-order chi connectivity index (χ1) is 11.5. The molecular weight excluding hydrogens is 324 g/mol. The molecule has 6 heteroatoms. The summed E-state index contributed by atoms with van der Waals surface area (Å²) in [6.07, 6.45) is 0. The van der Waals surface area contributed by atoms with Gasteiger partial charge >= 0.3 is 0 Å². The highest BCUT2D eigenvalue weighted by atomic mass is 32.2. The summed E-state index contributed by atoms with van der Waals surface area (Å²) in [5.41, 5.74) is 2.24. The molecule has 1 heterocycles. The highest BCUT2D eigenvalue weighted by molar-refractivity contribution is 7.91. The van der Waals surface area contributed by atoms with Crippen molar-refractivity contribution in [2.75, 3.05) is 5.75 Å². The molecule has 0 saturated carbocycles. The molecule has 0 aliphatic rings. The smallest absolute Gasteiger partial charge is 0.251 e. The number of fused-ring (bicyclic) bond motifs is 1. The molecule has 0 atom stereocenters. The first kappa shape index (κ1) is 16.3. The van der Waals surface area contributed by atoms with Crippen molar-refractivity contribution in [3.63, 3.8) is 0 Å². The second-order valence-corrected chi connectivity index (χ2v) is 7.77. The minimum Gasteiger partial charge on any atom is -0.357 e. The highest BCUT2D eigenvalue weighted by Gasteiger charge is 2.14. The van der Waals surface area contributed by atoms with Gasteiger partial charge in [0.05, 0.1) is 17.2 Å². The lowest BCUT2D eigenvalue weighted by Gasteiger charge is -2.06. The van der Waals surface area contributed by atoms with Gasteiger partial charge in [-0.1, -0.05) is 31.2 Å². The number of carbonyl (C=O) groups is 1. The normalized spacial score (nSPS) is 11.5. The Morgan fingerprint density at radius 2 is 1.88 bits per heavy atom. The Balaban J connectivity index is 1.74. The van der Waals surface area contributed by atoms with Crippen molar-refractivity contribution in [1.29, 1.82) is 0 Å². The molecule has 1 aromatic heterocycles. The third-order valence-electron chi connectivity index (χ3n) is 3.86. The fourth-order valence-electron chi connectivity index (χ4n) is 2.50. The van der Waals surface area contributed by atoms with E-state index in [1.807, 2.05) is 30.3 Å². The van der Waals surface area contributed by atoms with E-state index >= 15 is 0 Å². The zero-order valence-electron chi connectivity index (χ0n) is 13.2. The third kappa shape index (κ3) is 3.33. The number of aromatic amines is 1. The Kier molecular flexibility index (Phi) is 4.40. The molecule has 0 spiro atoms. The van der Waals surface area contributed by atoms with Gasteiger partial charge < -0.3 is 10.3 Å². The predicted octanol–water partition coefficient (Wildman–Crippen LogP) is 2.89. The molecule has 0 aliphatic carbocycles. The fourth-order valence-corrected chi connectivity index (χ4v) is 3.43. The number of hydrogen-bond acceptors (Lipinski definition) is 3. The van der Waals surface area contributed by atoms with E-state index < -0.39 is 9.84 Å². The van der Waals surface area contributed by atoms with Gasteiger partial charge in [0.1, 0.15) is 0 Å². The van der Waals surface area contributed by atoms with Gasteiger partial charge in [-0.05, 0) is 35.7 Å². The van der Waals surface area contributed by atoms with Crippen LogP contribution in [0.2, 0.25) is 0 Å². The summed E-state index contributed by atoms with van der Waals surface area (Å²) in [5.74, 6) is -0.297. The van der Waals surface area contributed by atoms with Crippen LogP contribution in [0.3, 0.4) is 0 Å². The fraction of sp³-hybridized carbons (Fsp3) is 0.167. The standard InChI is InChI=1S/C18H18N2O3S/c1-2-24(22,23)16-8-5-7-14(11-16)18(21)19-12-15-10-13-6-3-4-9-17(13)20-15/h3-11,20H,2,12H2,1H3,(H,19,21). The van der Waals surface area contributed by atoms with Crippen LogP contribution in [-0.2, 0) is 16.4 Å². The molecular formula is C18H18N2O3S. The van der Waals surface area contributed by atoms with Crippen LogP contribution < -0.4 is 5.32 Å². The maximum Gasteiger partial charge on any atom is 0.251 e. The highest BCUT2D eigenvalue weighted by Crippen LogP contribution is 2.15. The number of carbonyl (C=O) groups excluding carboxylic acids is 1. The average Bonchev–Trinajstić information content (AvgIpc) is 3.02. The number of nitrogens with one attached hydrogen (secondary N) is 2. The second-order valence-electron chi connectivity index (χ2n) is 5.50. The number of sulfone groups is 1. The first-order valence-corrected chi connectivity index (χ1v) is 9.32. The van der Waals surface area contributed by atoms with Gasteiger partial charge in [0, 0.05) is 16.8 Å². The van der Waals surface area contributed by atoms with Gasteiger partial charge in [0.15, 0.2) is 9.84 Å². The Bertz CT molecular complexity index is 957. The molecule has 3 aromatic rings. The van der Waals surface area contributed by atoms with Crippen LogP contribution in [0.25, 0.3) is 10.9 Å². The zero-order valence-corrected chi connectivity index (χ0v) is 14.1. The van der Waals surface area contributed by atoms with Crippen LogP contribution in [0.4, 0.5) is 0 Å². The van der Waals surface area contributed by atoms with E-state index in [1.165, 1.54) is 12.1 Å². The van der Waals surface area contributed by atoms with Crippen LogP contribution in [0, 0.1) is 0 Å². The van der Waals surface area contributed by atoms with E-state index in [0.717, 1.165) is 16.6 Å². The van der Waals surface area contributed by atoms with Crippen molar-refractivity contribution in [2.45, 2.75) is 18.4 Å². The van der Waals surface area contributed by atoms with Crippen molar-refractivity contribution >= 4 is 26.6 Å². The summed E-state index contributed by atoms with van der Waals surface area (Å²) < 4.78 is 23.8. The lowest BCUT2D eigenvalue weighted by atomic mass is 10.2. The quantitative estimate of drug-likeness (QED) is 0.748. The van der Waals surface area contributed by atoms with E-state index in [-0.39, 0.29) is 16.6 Å². The Labute approximate surface area is 140 Å². The van der Waals surface area contributed by atoms with Gasteiger partial charge in [-0.15, -0.1) is 0 Å². The maximum absolute atomic E-state index is 12.3. The van der Waals surface area contributed by atoms with Crippen molar-refractivity contribution < 1.29 is 13.2 Å². The van der Waals surface area contributed by atoms with Crippen LogP contribution in [0.5, 0.6) is 0 Å². The molecule has 0 fully saturated rings. The lowest BCUT2D eigenvalue weighted by molar-refractivity contribution is 0.0950.